The number of nitrogens with zero attached hydrogens (tertiary/aromatic N) is 1. The Morgan fingerprint density at radius 2 is 2.29 bits per heavy atom. The Balaban J connectivity index is 2.38. The van der Waals surface area contributed by atoms with Crippen LogP contribution in [0.2, 0.25) is 0 Å². The van der Waals surface area contributed by atoms with Crippen molar-refractivity contribution in [3.05, 3.63) is 28.2 Å². The molecule has 3 heteroatoms. The van der Waals surface area contributed by atoms with Gasteiger partial charge in [-0.3, -0.25) is 0 Å². The Morgan fingerprint density at radius 1 is 1.53 bits per heavy atom. The molecule has 2 unspecified atom stereocenters. The molecule has 1 aliphatic heterocycles. The maximum absolute atomic E-state index is 9.87. The molecule has 17 heavy (non-hydrogen) atoms. The molecule has 0 saturated carbocycles. The summed E-state index contributed by atoms with van der Waals surface area (Å²) in [4.78, 5) is 2.45. The van der Waals surface area contributed by atoms with Gasteiger partial charge < -0.3 is 10.0 Å². The standard InChI is InChI=1S/C14H20BrNO/c1-3-12-5-4-8-16(12)14-9-11(15)6-7-13(14)10(2)17/h6-7,9-10,12,17H,3-5,8H2,1-2H3. The first-order chi connectivity index (χ1) is 8.13. The van der Waals surface area contributed by atoms with E-state index in [1.807, 2.05) is 19.1 Å². The number of aliphatic hydroxyl groups is 1. The summed E-state index contributed by atoms with van der Waals surface area (Å²) >= 11 is 3.53. The maximum atomic E-state index is 9.87. The highest BCUT2D eigenvalue weighted by molar-refractivity contribution is 9.10. The molecule has 94 valence electrons. The van der Waals surface area contributed by atoms with Gasteiger partial charge in [-0.2, -0.15) is 0 Å². The van der Waals surface area contributed by atoms with E-state index >= 15 is 0 Å². The molecule has 2 atom stereocenters. The fraction of sp³-hybridized carbons (Fsp3) is 0.571. The monoisotopic (exact) mass is 297 g/mol. The molecule has 1 aromatic rings. The number of aliphatic hydroxyl groups excluding tert-OH is 1. The van der Waals surface area contributed by atoms with E-state index in [0.717, 1.165) is 16.6 Å². The summed E-state index contributed by atoms with van der Waals surface area (Å²) < 4.78 is 1.08. The maximum Gasteiger partial charge on any atom is 0.0782 e. The number of hydrogen-bond donors (Lipinski definition) is 1. The predicted molar refractivity (Wildman–Crippen MR) is 75.4 cm³/mol. The fourth-order valence-corrected chi connectivity index (χ4v) is 3.05. The van der Waals surface area contributed by atoms with Crippen molar-refractivity contribution in [2.24, 2.45) is 0 Å². The number of benzene rings is 1. The molecule has 0 aromatic heterocycles. The average molecular weight is 298 g/mol. The van der Waals surface area contributed by atoms with Crippen LogP contribution in [0.3, 0.4) is 0 Å². The van der Waals surface area contributed by atoms with Crippen molar-refractivity contribution >= 4 is 21.6 Å². The lowest BCUT2D eigenvalue weighted by molar-refractivity contribution is 0.199. The Labute approximate surface area is 112 Å². The van der Waals surface area contributed by atoms with Crippen molar-refractivity contribution in [2.45, 2.75) is 45.3 Å². The quantitative estimate of drug-likeness (QED) is 0.915. The van der Waals surface area contributed by atoms with E-state index in [0.29, 0.717) is 6.04 Å². The third kappa shape index (κ3) is 2.66. The fourth-order valence-electron chi connectivity index (χ4n) is 2.70. The molecular weight excluding hydrogens is 278 g/mol. The minimum atomic E-state index is -0.406. The van der Waals surface area contributed by atoms with E-state index in [1.54, 1.807) is 0 Å². The van der Waals surface area contributed by atoms with Crippen LogP contribution in [-0.4, -0.2) is 17.7 Å². The van der Waals surface area contributed by atoms with Crippen LogP contribution in [0.4, 0.5) is 5.69 Å². The normalized spacial score (nSPS) is 21.9. The van der Waals surface area contributed by atoms with Crippen molar-refractivity contribution in [2.75, 3.05) is 11.4 Å². The second-order valence-electron chi connectivity index (χ2n) is 4.78. The summed E-state index contributed by atoms with van der Waals surface area (Å²) in [6, 6.07) is 6.79. The Kier molecular flexibility index (Phi) is 4.10. The summed E-state index contributed by atoms with van der Waals surface area (Å²) in [6.07, 6.45) is 3.29. The van der Waals surface area contributed by atoms with Gasteiger partial charge in [0.15, 0.2) is 0 Å². The first-order valence-corrected chi connectivity index (χ1v) is 7.17. The highest BCUT2D eigenvalue weighted by atomic mass is 79.9. The molecule has 1 fully saturated rings. The van der Waals surface area contributed by atoms with Gasteiger partial charge in [0, 0.05) is 28.3 Å². The molecule has 0 spiro atoms. The van der Waals surface area contributed by atoms with Crippen LogP contribution in [0.5, 0.6) is 0 Å². The van der Waals surface area contributed by atoms with Gasteiger partial charge in [-0.05, 0) is 38.3 Å². The topological polar surface area (TPSA) is 23.5 Å². The zero-order valence-electron chi connectivity index (χ0n) is 10.5. The summed E-state index contributed by atoms with van der Waals surface area (Å²) in [5, 5.41) is 9.87. The van der Waals surface area contributed by atoms with Gasteiger partial charge in [-0.15, -0.1) is 0 Å². The molecule has 1 heterocycles. The summed E-state index contributed by atoms with van der Waals surface area (Å²) in [5.41, 5.74) is 2.23. The summed E-state index contributed by atoms with van der Waals surface area (Å²) in [5.74, 6) is 0. The Morgan fingerprint density at radius 3 is 2.94 bits per heavy atom. The molecule has 0 aliphatic carbocycles. The number of halogens is 1. The van der Waals surface area contributed by atoms with Crippen LogP contribution in [0.25, 0.3) is 0 Å². The van der Waals surface area contributed by atoms with Gasteiger partial charge in [0.25, 0.3) is 0 Å². The number of rotatable bonds is 3. The smallest absolute Gasteiger partial charge is 0.0782 e. The largest absolute Gasteiger partial charge is 0.389 e. The Hall–Kier alpha value is -0.540. The van der Waals surface area contributed by atoms with Crippen LogP contribution < -0.4 is 4.90 Å². The van der Waals surface area contributed by atoms with E-state index in [4.69, 9.17) is 0 Å². The first-order valence-electron chi connectivity index (χ1n) is 6.37. The molecule has 1 N–H and O–H groups in total. The van der Waals surface area contributed by atoms with Gasteiger partial charge >= 0.3 is 0 Å². The predicted octanol–water partition coefficient (Wildman–Crippen LogP) is 3.88. The van der Waals surface area contributed by atoms with Crippen molar-refractivity contribution < 1.29 is 5.11 Å². The van der Waals surface area contributed by atoms with Gasteiger partial charge in [0.2, 0.25) is 0 Å². The van der Waals surface area contributed by atoms with Gasteiger partial charge in [-0.1, -0.05) is 28.9 Å². The lowest BCUT2D eigenvalue weighted by atomic mass is 10.1. The number of anilines is 1. The van der Waals surface area contributed by atoms with Crippen LogP contribution in [-0.2, 0) is 0 Å². The Bertz CT molecular complexity index is 392. The van der Waals surface area contributed by atoms with Crippen molar-refractivity contribution in [3.8, 4) is 0 Å². The van der Waals surface area contributed by atoms with Crippen LogP contribution in [0.15, 0.2) is 22.7 Å². The van der Waals surface area contributed by atoms with E-state index in [9.17, 15) is 5.11 Å². The van der Waals surface area contributed by atoms with Crippen molar-refractivity contribution in [3.63, 3.8) is 0 Å². The second kappa shape index (κ2) is 5.40. The molecule has 2 rings (SSSR count). The summed E-state index contributed by atoms with van der Waals surface area (Å²) in [7, 11) is 0. The molecule has 1 aliphatic rings. The second-order valence-corrected chi connectivity index (χ2v) is 5.69. The van der Waals surface area contributed by atoms with Crippen LogP contribution in [0, 0.1) is 0 Å². The van der Waals surface area contributed by atoms with Gasteiger partial charge in [0.05, 0.1) is 6.10 Å². The first kappa shape index (κ1) is 12.9. The zero-order valence-corrected chi connectivity index (χ0v) is 12.1. The third-order valence-corrected chi connectivity index (χ3v) is 4.09. The van der Waals surface area contributed by atoms with E-state index in [1.165, 1.54) is 24.9 Å². The lowest BCUT2D eigenvalue weighted by Gasteiger charge is -2.29. The van der Waals surface area contributed by atoms with Crippen molar-refractivity contribution in [1.82, 2.24) is 0 Å². The molecule has 2 nitrogen and oxygen atoms in total. The molecule has 1 saturated heterocycles. The molecule has 1 aromatic carbocycles. The summed E-state index contributed by atoms with van der Waals surface area (Å²) in [6.45, 7) is 5.18. The van der Waals surface area contributed by atoms with Gasteiger partial charge in [0.1, 0.15) is 0 Å². The SMILES string of the molecule is CCC1CCCN1c1cc(Br)ccc1C(C)O. The molecule has 0 amide bonds. The minimum absolute atomic E-state index is 0.406. The number of hydrogen-bond acceptors (Lipinski definition) is 2. The van der Waals surface area contributed by atoms with E-state index in [2.05, 4.69) is 33.8 Å². The highest BCUT2D eigenvalue weighted by Gasteiger charge is 2.25. The third-order valence-electron chi connectivity index (χ3n) is 3.60. The lowest BCUT2D eigenvalue weighted by Crippen LogP contribution is -2.29. The van der Waals surface area contributed by atoms with E-state index in [-0.39, 0.29) is 0 Å². The molecule has 0 radical (unpaired) electrons. The highest BCUT2D eigenvalue weighted by Crippen LogP contribution is 2.35. The van der Waals surface area contributed by atoms with E-state index < -0.39 is 6.10 Å². The van der Waals surface area contributed by atoms with Crippen LogP contribution >= 0.6 is 15.9 Å². The van der Waals surface area contributed by atoms with Crippen LogP contribution in [0.1, 0.15) is 44.8 Å². The molecular formula is C14H20BrNO. The zero-order chi connectivity index (χ0) is 12.4. The van der Waals surface area contributed by atoms with Gasteiger partial charge in [-0.25, -0.2) is 0 Å². The minimum Gasteiger partial charge on any atom is -0.389 e. The van der Waals surface area contributed by atoms with Crippen molar-refractivity contribution in [1.29, 1.82) is 0 Å². The average Bonchev–Trinajstić information content (AvgIpc) is 2.76. The molecule has 0 bridgehead atoms.